The van der Waals surface area contributed by atoms with Crippen LogP contribution < -0.4 is 11.1 Å². The molecule has 1 fully saturated rings. The van der Waals surface area contributed by atoms with E-state index in [-0.39, 0.29) is 18.1 Å². The van der Waals surface area contributed by atoms with Crippen LogP contribution in [0.15, 0.2) is 16.5 Å². The fourth-order valence-electron chi connectivity index (χ4n) is 2.00. The van der Waals surface area contributed by atoms with Crippen LogP contribution in [0.3, 0.4) is 0 Å². The van der Waals surface area contributed by atoms with Crippen molar-refractivity contribution in [2.45, 2.75) is 38.5 Å². The Morgan fingerprint density at radius 3 is 3.06 bits per heavy atom. The number of nitrogens with two attached hydrogens (primary N) is 1. The second kappa shape index (κ2) is 5.33. The molecule has 94 valence electrons. The van der Waals surface area contributed by atoms with Crippen molar-refractivity contribution in [3.05, 3.63) is 23.7 Å². The number of hydrogen-bond acceptors (Lipinski definition) is 4. The molecule has 0 aliphatic carbocycles. The smallest absolute Gasteiger partial charge is 0.287 e. The Morgan fingerprint density at radius 2 is 2.41 bits per heavy atom. The van der Waals surface area contributed by atoms with Crippen molar-refractivity contribution in [1.82, 2.24) is 5.32 Å². The van der Waals surface area contributed by atoms with Gasteiger partial charge in [0.25, 0.3) is 5.91 Å². The van der Waals surface area contributed by atoms with Gasteiger partial charge in [-0.15, -0.1) is 0 Å². The second-order valence-corrected chi connectivity index (χ2v) is 4.35. The highest BCUT2D eigenvalue weighted by Gasteiger charge is 2.22. The van der Waals surface area contributed by atoms with E-state index >= 15 is 0 Å². The Bertz CT molecular complexity index is 389. The minimum Gasteiger partial charge on any atom is -0.455 e. The van der Waals surface area contributed by atoms with Gasteiger partial charge in [0.15, 0.2) is 5.76 Å². The van der Waals surface area contributed by atoms with Crippen molar-refractivity contribution in [1.29, 1.82) is 0 Å². The molecule has 0 spiro atoms. The summed E-state index contributed by atoms with van der Waals surface area (Å²) in [6, 6.07) is 3.54. The molecule has 0 saturated carbocycles. The van der Waals surface area contributed by atoms with E-state index in [4.69, 9.17) is 14.9 Å². The summed E-state index contributed by atoms with van der Waals surface area (Å²) in [5.41, 5.74) is 5.42. The van der Waals surface area contributed by atoms with Gasteiger partial charge in [-0.2, -0.15) is 0 Å². The standard InChI is InChI=1S/C12H18N2O3/c1-8-6-9(4-5-16-8)14-12(15)11-3-2-10(7-13)17-11/h2-3,8-9H,4-7,13H2,1H3,(H,14,15). The summed E-state index contributed by atoms with van der Waals surface area (Å²) >= 11 is 0. The Balaban J connectivity index is 1.92. The first kappa shape index (κ1) is 12.1. The van der Waals surface area contributed by atoms with Crippen LogP contribution in [0.4, 0.5) is 0 Å². The summed E-state index contributed by atoms with van der Waals surface area (Å²) in [6.45, 7) is 3.01. The van der Waals surface area contributed by atoms with Gasteiger partial charge in [-0.05, 0) is 31.9 Å². The van der Waals surface area contributed by atoms with E-state index in [1.807, 2.05) is 6.92 Å². The summed E-state index contributed by atoms with van der Waals surface area (Å²) in [4.78, 5) is 11.9. The van der Waals surface area contributed by atoms with Crippen LogP contribution in [-0.2, 0) is 11.3 Å². The average Bonchev–Trinajstić information content (AvgIpc) is 2.77. The average molecular weight is 238 g/mol. The molecule has 5 nitrogen and oxygen atoms in total. The Morgan fingerprint density at radius 1 is 1.59 bits per heavy atom. The van der Waals surface area contributed by atoms with E-state index in [1.165, 1.54) is 0 Å². The predicted molar refractivity (Wildman–Crippen MR) is 62.5 cm³/mol. The molecule has 1 amide bonds. The molecule has 5 heteroatoms. The van der Waals surface area contributed by atoms with Crippen molar-refractivity contribution in [2.75, 3.05) is 6.61 Å². The minimum atomic E-state index is -0.177. The molecule has 2 rings (SSSR count). The molecule has 0 aromatic carbocycles. The van der Waals surface area contributed by atoms with Crippen molar-refractivity contribution in [3.63, 3.8) is 0 Å². The lowest BCUT2D eigenvalue weighted by Crippen LogP contribution is -2.41. The third-order valence-corrected chi connectivity index (χ3v) is 2.91. The number of carbonyl (C=O) groups is 1. The van der Waals surface area contributed by atoms with E-state index in [2.05, 4.69) is 5.32 Å². The molecule has 17 heavy (non-hydrogen) atoms. The number of carbonyl (C=O) groups excluding carboxylic acids is 1. The molecule has 1 aliphatic heterocycles. The molecule has 1 aromatic rings. The largest absolute Gasteiger partial charge is 0.455 e. The summed E-state index contributed by atoms with van der Waals surface area (Å²) in [6.07, 6.45) is 1.89. The van der Waals surface area contributed by atoms with Gasteiger partial charge in [-0.3, -0.25) is 4.79 Å². The fraction of sp³-hybridized carbons (Fsp3) is 0.583. The zero-order valence-electron chi connectivity index (χ0n) is 9.94. The summed E-state index contributed by atoms with van der Waals surface area (Å²) in [7, 11) is 0. The number of nitrogens with one attached hydrogen (secondary N) is 1. The van der Waals surface area contributed by atoms with Crippen molar-refractivity contribution in [2.24, 2.45) is 5.73 Å². The van der Waals surface area contributed by atoms with Crippen molar-refractivity contribution >= 4 is 5.91 Å². The van der Waals surface area contributed by atoms with E-state index in [0.717, 1.165) is 12.8 Å². The molecule has 2 atom stereocenters. The second-order valence-electron chi connectivity index (χ2n) is 4.35. The Labute approximate surface area is 100 Å². The monoisotopic (exact) mass is 238 g/mol. The first-order chi connectivity index (χ1) is 8.19. The topological polar surface area (TPSA) is 77.5 Å². The Hall–Kier alpha value is -1.33. The van der Waals surface area contributed by atoms with Crippen molar-refractivity contribution in [3.8, 4) is 0 Å². The van der Waals surface area contributed by atoms with E-state index in [1.54, 1.807) is 12.1 Å². The molecule has 1 saturated heterocycles. The number of furan rings is 1. The van der Waals surface area contributed by atoms with E-state index < -0.39 is 0 Å². The summed E-state index contributed by atoms with van der Waals surface area (Å²) < 4.78 is 10.7. The third kappa shape index (κ3) is 3.08. The van der Waals surface area contributed by atoms with Crippen LogP contribution in [0, 0.1) is 0 Å². The molecule has 1 aliphatic rings. The maximum absolute atomic E-state index is 11.9. The lowest BCUT2D eigenvalue weighted by atomic mass is 10.0. The molecule has 1 aromatic heterocycles. The van der Waals surface area contributed by atoms with Crippen LogP contribution in [0.1, 0.15) is 36.1 Å². The van der Waals surface area contributed by atoms with Gasteiger partial charge in [-0.25, -0.2) is 0 Å². The molecular weight excluding hydrogens is 220 g/mol. The normalized spacial score (nSPS) is 24.6. The quantitative estimate of drug-likeness (QED) is 0.824. The molecule has 0 radical (unpaired) electrons. The number of amides is 1. The number of rotatable bonds is 3. The highest BCUT2D eigenvalue weighted by Crippen LogP contribution is 2.14. The Kier molecular flexibility index (Phi) is 3.81. The van der Waals surface area contributed by atoms with Crippen LogP contribution in [0.5, 0.6) is 0 Å². The molecule has 2 unspecified atom stereocenters. The molecule has 3 N–H and O–H groups in total. The van der Waals surface area contributed by atoms with Crippen LogP contribution in [0.25, 0.3) is 0 Å². The van der Waals surface area contributed by atoms with Gasteiger partial charge in [0.05, 0.1) is 12.6 Å². The first-order valence-electron chi connectivity index (χ1n) is 5.90. The number of ether oxygens (including phenoxy) is 1. The minimum absolute atomic E-state index is 0.165. The van der Waals surface area contributed by atoms with E-state index in [9.17, 15) is 4.79 Å². The zero-order valence-corrected chi connectivity index (χ0v) is 9.94. The summed E-state index contributed by atoms with van der Waals surface area (Å²) in [5.74, 6) is 0.767. The molecular formula is C12H18N2O3. The zero-order chi connectivity index (χ0) is 12.3. The van der Waals surface area contributed by atoms with Crippen LogP contribution in [0.2, 0.25) is 0 Å². The van der Waals surface area contributed by atoms with Crippen LogP contribution >= 0.6 is 0 Å². The SMILES string of the molecule is CC1CC(NC(=O)c2ccc(CN)o2)CCO1. The summed E-state index contributed by atoms with van der Waals surface area (Å²) in [5, 5.41) is 2.95. The molecule has 2 heterocycles. The van der Waals surface area contributed by atoms with E-state index in [0.29, 0.717) is 24.7 Å². The van der Waals surface area contributed by atoms with Crippen molar-refractivity contribution < 1.29 is 13.9 Å². The third-order valence-electron chi connectivity index (χ3n) is 2.91. The van der Waals surface area contributed by atoms with Gasteiger partial charge >= 0.3 is 0 Å². The highest BCUT2D eigenvalue weighted by molar-refractivity contribution is 5.91. The fourth-order valence-corrected chi connectivity index (χ4v) is 2.00. The van der Waals surface area contributed by atoms with Gasteiger partial charge in [0.1, 0.15) is 5.76 Å². The maximum atomic E-state index is 11.9. The highest BCUT2D eigenvalue weighted by atomic mass is 16.5. The predicted octanol–water partition coefficient (Wildman–Crippen LogP) is 1.04. The molecule has 0 bridgehead atoms. The van der Waals surface area contributed by atoms with Gasteiger partial charge < -0.3 is 20.2 Å². The first-order valence-corrected chi connectivity index (χ1v) is 5.90. The van der Waals surface area contributed by atoms with Gasteiger partial charge in [0.2, 0.25) is 0 Å². The lowest BCUT2D eigenvalue weighted by molar-refractivity contribution is 0.0134. The maximum Gasteiger partial charge on any atom is 0.287 e. The van der Waals surface area contributed by atoms with Gasteiger partial charge in [-0.1, -0.05) is 0 Å². The van der Waals surface area contributed by atoms with Crippen LogP contribution in [-0.4, -0.2) is 24.7 Å². The van der Waals surface area contributed by atoms with Gasteiger partial charge in [0, 0.05) is 12.6 Å². The lowest BCUT2D eigenvalue weighted by Gasteiger charge is -2.27. The number of hydrogen-bond donors (Lipinski definition) is 2.